The van der Waals surface area contributed by atoms with Gasteiger partial charge in [-0.1, -0.05) is 25.0 Å². The third kappa shape index (κ3) is 4.24. The van der Waals surface area contributed by atoms with Gasteiger partial charge >= 0.3 is 0 Å². The summed E-state index contributed by atoms with van der Waals surface area (Å²) in [6, 6.07) is 13.5. The zero-order chi connectivity index (χ0) is 22.2. The molecule has 1 aliphatic carbocycles. The number of benzene rings is 2. The molecular formula is C24H31N3O3S. The van der Waals surface area contributed by atoms with Gasteiger partial charge in [0.15, 0.2) is 0 Å². The predicted octanol–water partition coefficient (Wildman–Crippen LogP) is 5.24. The maximum Gasteiger partial charge on any atom is 0.235 e. The Morgan fingerprint density at radius 2 is 1.81 bits per heavy atom. The summed E-state index contributed by atoms with van der Waals surface area (Å²) in [5, 5.41) is 0.519. The third-order valence-corrected chi connectivity index (χ3v) is 8.03. The molecule has 0 radical (unpaired) electrons. The fourth-order valence-corrected chi connectivity index (χ4v) is 5.11. The summed E-state index contributed by atoms with van der Waals surface area (Å²) >= 11 is 0. The molecule has 0 spiro atoms. The topological polar surface area (TPSA) is 86.3 Å². The van der Waals surface area contributed by atoms with Gasteiger partial charge in [0.25, 0.3) is 0 Å². The zero-order valence-electron chi connectivity index (χ0n) is 18.4. The standard InChI is InChI=1S/C24H31N3O3S/c1-16(2)31(28,29)26-19-10-8-18(9-11-19)24-23(25)21-13-12-20(30-3)14-22(21)27(24)15-17-6-4-5-7-17/h8-14,16-17,26H,4-7,15,25H2,1-3H3. The second-order valence-electron chi connectivity index (χ2n) is 8.68. The molecule has 2 aromatic carbocycles. The van der Waals surface area contributed by atoms with Crippen LogP contribution in [0.1, 0.15) is 39.5 Å². The molecule has 0 bridgehead atoms. The number of aromatic nitrogens is 1. The molecule has 0 saturated heterocycles. The monoisotopic (exact) mass is 441 g/mol. The molecule has 1 heterocycles. The van der Waals surface area contributed by atoms with Gasteiger partial charge in [-0.3, -0.25) is 4.72 Å². The number of hydrogen-bond donors (Lipinski definition) is 2. The maximum atomic E-state index is 12.2. The van der Waals surface area contributed by atoms with Gasteiger partial charge in [0, 0.05) is 29.2 Å². The van der Waals surface area contributed by atoms with Crippen molar-refractivity contribution in [3.63, 3.8) is 0 Å². The number of hydrogen-bond acceptors (Lipinski definition) is 4. The highest BCUT2D eigenvalue weighted by Gasteiger charge is 2.22. The Bertz CT molecular complexity index is 1170. The van der Waals surface area contributed by atoms with Crippen LogP contribution in [0.2, 0.25) is 0 Å². The number of ether oxygens (including phenoxy) is 1. The smallest absolute Gasteiger partial charge is 0.235 e. The summed E-state index contributed by atoms with van der Waals surface area (Å²) in [5.74, 6) is 1.44. The van der Waals surface area contributed by atoms with E-state index in [2.05, 4.69) is 15.4 Å². The number of sulfonamides is 1. The second kappa shape index (κ2) is 8.46. The zero-order valence-corrected chi connectivity index (χ0v) is 19.2. The average Bonchev–Trinajstić information content (AvgIpc) is 3.35. The van der Waals surface area contributed by atoms with E-state index in [-0.39, 0.29) is 0 Å². The molecule has 0 atom stereocenters. The Morgan fingerprint density at radius 1 is 1.13 bits per heavy atom. The number of nitrogens with zero attached hydrogens (tertiary/aromatic N) is 1. The van der Waals surface area contributed by atoms with Crippen LogP contribution in [0.3, 0.4) is 0 Å². The van der Waals surface area contributed by atoms with Gasteiger partial charge in [0.05, 0.1) is 29.3 Å². The van der Waals surface area contributed by atoms with Crippen molar-refractivity contribution in [2.45, 2.75) is 51.3 Å². The first-order chi connectivity index (χ1) is 14.8. The van der Waals surface area contributed by atoms with E-state index in [1.165, 1.54) is 25.7 Å². The van der Waals surface area contributed by atoms with Gasteiger partial charge in [-0.25, -0.2) is 8.42 Å². The molecule has 7 heteroatoms. The van der Waals surface area contributed by atoms with E-state index < -0.39 is 15.3 Å². The van der Waals surface area contributed by atoms with Crippen LogP contribution in [-0.2, 0) is 16.6 Å². The Morgan fingerprint density at radius 3 is 2.42 bits per heavy atom. The number of nitrogens with two attached hydrogens (primary N) is 1. The lowest BCUT2D eigenvalue weighted by atomic mass is 10.1. The highest BCUT2D eigenvalue weighted by molar-refractivity contribution is 7.93. The van der Waals surface area contributed by atoms with Crippen molar-refractivity contribution < 1.29 is 13.2 Å². The van der Waals surface area contributed by atoms with Crippen LogP contribution in [0.25, 0.3) is 22.2 Å². The van der Waals surface area contributed by atoms with E-state index >= 15 is 0 Å². The van der Waals surface area contributed by atoms with Crippen molar-refractivity contribution >= 4 is 32.3 Å². The molecule has 1 aromatic heterocycles. The number of fused-ring (bicyclic) bond motifs is 1. The van der Waals surface area contributed by atoms with Gasteiger partial charge in [-0.15, -0.1) is 0 Å². The van der Waals surface area contributed by atoms with E-state index in [1.54, 1.807) is 33.1 Å². The highest BCUT2D eigenvalue weighted by atomic mass is 32.2. The largest absolute Gasteiger partial charge is 0.497 e. The lowest BCUT2D eigenvalue weighted by Gasteiger charge is -2.17. The molecule has 4 rings (SSSR count). The number of rotatable bonds is 7. The van der Waals surface area contributed by atoms with Crippen LogP contribution in [0.5, 0.6) is 5.75 Å². The van der Waals surface area contributed by atoms with Gasteiger partial charge in [0.2, 0.25) is 10.0 Å². The number of nitrogens with one attached hydrogen (secondary N) is 1. The first kappa shape index (κ1) is 21.6. The Kier molecular flexibility index (Phi) is 5.88. The molecule has 6 nitrogen and oxygen atoms in total. The van der Waals surface area contributed by atoms with E-state index in [0.29, 0.717) is 11.6 Å². The SMILES string of the molecule is COc1ccc2c(N)c(-c3ccc(NS(=O)(=O)C(C)C)cc3)n(CC3CCCC3)c2c1. The van der Waals surface area contributed by atoms with Crippen LogP contribution in [0, 0.1) is 5.92 Å². The van der Waals surface area contributed by atoms with E-state index in [1.807, 2.05) is 24.3 Å². The number of nitrogen functional groups attached to an aromatic ring is 1. The predicted molar refractivity (Wildman–Crippen MR) is 128 cm³/mol. The summed E-state index contributed by atoms with van der Waals surface area (Å²) in [5.41, 5.74) is 11.0. The van der Waals surface area contributed by atoms with Crippen LogP contribution in [-0.4, -0.2) is 25.3 Å². The minimum Gasteiger partial charge on any atom is -0.497 e. The summed E-state index contributed by atoms with van der Waals surface area (Å²) in [4.78, 5) is 0. The summed E-state index contributed by atoms with van der Waals surface area (Å²) < 4.78 is 34.8. The van der Waals surface area contributed by atoms with Crippen molar-refractivity contribution in [3.05, 3.63) is 42.5 Å². The highest BCUT2D eigenvalue weighted by Crippen LogP contribution is 2.40. The van der Waals surface area contributed by atoms with Gasteiger partial charge in [-0.05, 0) is 56.9 Å². The Balaban J connectivity index is 1.78. The van der Waals surface area contributed by atoms with Crippen LogP contribution in [0.15, 0.2) is 42.5 Å². The number of methoxy groups -OCH3 is 1. The van der Waals surface area contributed by atoms with Crippen molar-refractivity contribution in [2.24, 2.45) is 5.92 Å². The van der Waals surface area contributed by atoms with Crippen LogP contribution < -0.4 is 15.2 Å². The van der Waals surface area contributed by atoms with E-state index in [0.717, 1.165) is 40.1 Å². The molecule has 166 valence electrons. The molecule has 0 aliphatic heterocycles. The summed E-state index contributed by atoms with van der Waals surface area (Å²) in [6.07, 6.45) is 5.03. The van der Waals surface area contributed by atoms with E-state index in [9.17, 15) is 8.42 Å². The lowest BCUT2D eigenvalue weighted by Crippen LogP contribution is -2.22. The van der Waals surface area contributed by atoms with Crippen LogP contribution >= 0.6 is 0 Å². The quantitative estimate of drug-likeness (QED) is 0.525. The molecule has 3 aromatic rings. The van der Waals surface area contributed by atoms with Crippen molar-refractivity contribution in [1.29, 1.82) is 0 Å². The van der Waals surface area contributed by atoms with Crippen molar-refractivity contribution in [1.82, 2.24) is 4.57 Å². The molecule has 1 aliphatic rings. The van der Waals surface area contributed by atoms with Gasteiger partial charge in [-0.2, -0.15) is 0 Å². The average molecular weight is 442 g/mol. The summed E-state index contributed by atoms with van der Waals surface area (Å²) in [7, 11) is -1.71. The third-order valence-electron chi connectivity index (χ3n) is 6.27. The van der Waals surface area contributed by atoms with Crippen molar-refractivity contribution in [3.8, 4) is 17.0 Å². The molecular weight excluding hydrogens is 410 g/mol. The summed E-state index contributed by atoms with van der Waals surface area (Å²) in [6.45, 7) is 4.23. The Hall–Kier alpha value is -2.67. The van der Waals surface area contributed by atoms with Gasteiger partial charge < -0.3 is 15.0 Å². The Labute approximate surface area is 184 Å². The molecule has 0 amide bonds. The molecule has 1 saturated carbocycles. The molecule has 3 N–H and O–H groups in total. The van der Waals surface area contributed by atoms with Gasteiger partial charge in [0.1, 0.15) is 5.75 Å². The maximum absolute atomic E-state index is 12.2. The first-order valence-corrected chi connectivity index (χ1v) is 12.4. The minimum absolute atomic E-state index is 0.494. The minimum atomic E-state index is -3.38. The second-order valence-corrected chi connectivity index (χ2v) is 10.9. The number of anilines is 2. The lowest BCUT2D eigenvalue weighted by molar-refractivity contribution is 0.415. The fourth-order valence-electron chi connectivity index (χ4n) is 4.41. The van der Waals surface area contributed by atoms with Crippen LogP contribution in [0.4, 0.5) is 11.4 Å². The van der Waals surface area contributed by atoms with E-state index in [4.69, 9.17) is 10.5 Å². The molecule has 31 heavy (non-hydrogen) atoms. The van der Waals surface area contributed by atoms with Crippen molar-refractivity contribution in [2.75, 3.05) is 17.6 Å². The first-order valence-electron chi connectivity index (χ1n) is 10.9. The molecule has 1 fully saturated rings. The molecule has 0 unspecified atom stereocenters. The normalized spacial score (nSPS) is 15.1. The fraction of sp³-hybridized carbons (Fsp3) is 0.417.